The molecular formula is C22H28N2O3. The van der Waals surface area contributed by atoms with Crippen LogP contribution in [0.15, 0.2) is 36.0 Å². The maximum absolute atomic E-state index is 13.2. The van der Waals surface area contributed by atoms with Gasteiger partial charge >= 0.3 is 0 Å². The number of hydrogen-bond acceptors (Lipinski definition) is 4. The van der Waals surface area contributed by atoms with Crippen molar-refractivity contribution in [3.63, 3.8) is 0 Å². The normalized spacial score (nSPS) is 26.3. The van der Waals surface area contributed by atoms with E-state index < -0.39 is 0 Å². The van der Waals surface area contributed by atoms with Crippen molar-refractivity contribution >= 4 is 17.5 Å². The first kappa shape index (κ1) is 18.1. The van der Waals surface area contributed by atoms with Crippen molar-refractivity contribution in [2.45, 2.75) is 44.9 Å². The van der Waals surface area contributed by atoms with Gasteiger partial charge in [-0.15, -0.1) is 0 Å². The van der Waals surface area contributed by atoms with Gasteiger partial charge in [0.25, 0.3) is 0 Å². The summed E-state index contributed by atoms with van der Waals surface area (Å²) in [5.41, 5.74) is 1.97. The van der Waals surface area contributed by atoms with Gasteiger partial charge in [-0.25, -0.2) is 0 Å². The van der Waals surface area contributed by atoms with E-state index in [1.165, 1.54) is 29.9 Å². The van der Waals surface area contributed by atoms with Crippen LogP contribution in [0.25, 0.3) is 0 Å². The van der Waals surface area contributed by atoms with Gasteiger partial charge in [-0.2, -0.15) is 0 Å². The van der Waals surface area contributed by atoms with Crippen molar-refractivity contribution < 1.29 is 14.3 Å². The first-order valence-electron chi connectivity index (χ1n) is 10.1. The number of nitrogens with zero attached hydrogens (tertiary/aromatic N) is 2. The molecule has 2 heterocycles. The van der Waals surface area contributed by atoms with Crippen molar-refractivity contribution in [1.82, 2.24) is 4.90 Å². The fourth-order valence-electron chi connectivity index (χ4n) is 4.78. The number of carbonyl (C=O) groups excluding carboxylic acids is 2. The minimum absolute atomic E-state index is 0.0417. The van der Waals surface area contributed by atoms with Crippen LogP contribution >= 0.6 is 0 Å². The van der Waals surface area contributed by atoms with Crippen molar-refractivity contribution in [2.24, 2.45) is 11.8 Å². The van der Waals surface area contributed by atoms with Crippen LogP contribution in [0.2, 0.25) is 0 Å². The predicted molar refractivity (Wildman–Crippen MR) is 104 cm³/mol. The van der Waals surface area contributed by atoms with Gasteiger partial charge in [0, 0.05) is 31.1 Å². The predicted octanol–water partition coefficient (Wildman–Crippen LogP) is 3.74. The van der Waals surface area contributed by atoms with E-state index in [2.05, 4.69) is 11.0 Å². The lowest BCUT2D eigenvalue weighted by atomic mass is 9.80. The molecule has 27 heavy (non-hydrogen) atoms. The molecular weight excluding hydrogens is 340 g/mol. The largest absolute Gasteiger partial charge is 0.497 e. The molecule has 2 aliphatic heterocycles. The Morgan fingerprint density at radius 2 is 1.70 bits per heavy atom. The Hall–Kier alpha value is -2.30. The number of methoxy groups -OCH3 is 1. The zero-order valence-corrected chi connectivity index (χ0v) is 16.0. The summed E-state index contributed by atoms with van der Waals surface area (Å²) in [6.45, 7) is 2.17. The summed E-state index contributed by atoms with van der Waals surface area (Å²) in [4.78, 5) is 29.8. The number of hydrogen-bond donors (Lipinski definition) is 0. The molecule has 0 radical (unpaired) electrons. The first-order valence-corrected chi connectivity index (χ1v) is 10.1. The topological polar surface area (TPSA) is 49.9 Å². The number of piperidine rings is 1. The fourth-order valence-corrected chi connectivity index (χ4v) is 4.78. The molecule has 2 fully saturated rings. The zero-order chi connectivity index (χ0) is 18.8. The molecule has 5 nitrogen and oxygen atoms in total. The Morgan fingerprint density at radius 3 is 2.41 bits per heavy atom. The highest BCUT2D eigenvalue weighted by Gasteiger charge is 2.45. The molecule has 0 spiro atoms. The summed E-state index contributed by atoms with van der Waals surface area (Å²) in [5, 5.41) is 0. The van der Waals surface area contributed by atoms with Gasteiger partial charge in [-0.05, 0) is 62.8 Å². The molecule has 5 heteroatoms. The van der Waals surface area contributed by atoms with Crippen LogP contribution in [0.3, 0.4) is 0 Å². The number of carbonyl (C=O) groups is 2. The number of amides is 2. The van der Waals surface area contributed by atoms with Crippen molar-refractivity contribution in [3.8, 4) is 5.75 Å². The van der Waals surface area contributed by atoms with Gasteiger partial charge in [-0.1, -0.05) is 6.08 Å². The maximum atomic E-state index is 13.2. The maximum Gasteiger partial charge on any atom is 0.238 e. The average molecular weight is 368 g/mol. The van der Waals surface area contributed by atoms with Crippen LogP contribution in [0.1, 0.15) is 44.9 Å². The van der Waals surface area contributed by atoms with E-state index in [0.717, 1.165) is 38.1 Å². The van der Waals surface area contributed by atoms with Gasteiger partial charge in [-0.3, -0.25) is 14.5 Å². The molecule has 2 atom stereocenters. The summed E-state index contributed by atoms with van der Waals surface area (Å²) < 4.78 is 5.18. The first-order chi connectivity index (χ1) is 13.2. The average Bonchev–Trinajstić information content (AvgIpc) is 3.02. The number of rotatable bonds is 4. The van der Waals surface area contributed by atoms with Gasteiger partial charge < -0.3 is 9.64 Å². The molecule has 0 bridgehead atoms. The number of anilines is 1. The quantitative estimate of drug-likeness (QED) is 0.760. The summed E-state index contributed by atoms with van der Waals surface area (Å²) in [6.07, 6.45) is 9.57. The van der Waals surface area contributed by atoms with Crippen molar-refractivity contribution in [1.29, 1.82) is 0 Å². The molecule has 1 aromatic rings. The molecule has 1 aliphatic carbocycles. The number of benzene rings is 1. The Balaban J connectivity index is 1.56. The SMILES string of the molecule is COc1ccc(N2C(=O)C[C@H]([C@H]3CCCC=C3N3CCCCC3)C2=O)cc1. The van der Waals surface area contributed by atoms with E-state index in [4.69, 9.17) is 4.74 Å². The van der Waals surface area contributed by atoms with E-state index in [1.54, 1.807) is 31.4 Å². The van der Waals surface area contributed by atoms with Gasteiger partial charge in [0.1, 0.15) is 5.75 Å². The minimum Gasteiger partial charge on any atom is -0.497 e. The molecule has 0 saturated carbocycles. The van der Waals surface area contributed by atoms with Gasteiger partial charge in [0.15, 0.2) is 0 Å². The molecule has 4 rings (SSSR count). The number of allylic oxidation sites excluding steroid dienone is 2. The summed E-state index contributed by atoms with van der Waals surface area (Å²) >= 11 is 0. The highest BCUT2D eigenvalue weighted by atomic mass is 16.5. The lowest BCUT2D eigenvalue weighted by Gasteiger charge is -2.39. The lowest BCUT2D eigenvalue weighted by molar-refractivity contribution is -0.123. The molecule has 2 amide bonds. The summed E-state index contributed by atoms with van der Waals surface area (Å²) in [6, 6.07) is 7.17. The molecule has 0 N–H and O–H groups in total. The van der Waals surface area contributed by atoms with E-state index in [1.807, 2.05) is 0 Å². The second-order valence-corrected chi connectivity index (χ2v) is 7.79. The van der Waals surface area contributed by atoms with E-state index in [0.29, 0.717) is 12.1 Å². The van der Waals surface area contributed by atoms with Crippen LogP contribution < -0.4 is 9.64 Å². The Bertz CT molecular complexity index is 734. The van der Waals surface area contributed by atoms with E-state index in [-0.39, 0.29) is 23.7 Å². The van der Waals surface area contributed by atoms with Crippen LogP contribution in [0.4, 0.5) is 5.69 Å². The lowest BCUT2D eigenvalue weighted by Crippen LogP contribution is -2.38. The van der Waals surface area contributed by atoms with Crippen LogP contribution in [0.5, 0.6) is 5.75 Å². The number of ether oxygens (including phenoxy) is 1. The third-order valence-electron chi connectivity index (χ3n) is 6.17. The van der Waals surface area contributed by atoms with Crippen molar-refractivity contribution in [2.75, 3.05) is 25.1 Å². The Labute approximate surface area is 161 Å². The number of imide groups is 1. The van der Waals surface area contributed by atoms with Crippen LogP contribution in [-0.2, 0) is 9.59 Å². The van der Waals surface area contributed by atoms with Gasteiger partial charge in [0.05, 0.1) is 18.7 Å². The smallest absolute Gasteiger partial charge is 0.238 e. The Morgan fingerprint density at radius 1 is 0.963 bits per heavy atom. The highest BCUT2D eigenvalue weighted by molar-refractivity contribution is 6.21. The molecule has 2 saturated heterocycles. The third-order valence-corrected chi connectivity index (χ3v) is 6.17. The second kappa shape index (κ2) is 7.75. The fraction of sp³-hybridized carbons (Fsp3) is 0.545. The molecule has 1 aromatic carbocycles. The van der Waals surface area contributed by atoms with Crippen molar-refractivity contribution in [3.05, 3.63) is 36.0 Å². The Kier molecular flexibility index (Phi) is 5.19. The molecule has 144 valence electrons. The third kappa shape index (κ3) is 3.47. The van der Waals surface area contributed by atoms with E-state index >= 15 is 0 Å². The minimum atomic E-state index is -0.229. The summed E-state index contributed by atoms with van der Waals surface area (Å²) in [7, 11) is 1.61. The van der Waals surface area contributed by atoms with Crippen LogP contribution in [-0.4, -0.2) is 36.9 Å². The van der Waals surface area contributed by atoms with Crippen LogP contribution in [0, 0.1) is 11.8 Å². The summed E-state index contributed by atoms with van der Waals surface area (Å²) in [5.74, 6) is 0.542. The molecule has 3 aliphatic rings. The second-order valence-electron chi connectivity index (χ2n) is 7.79. The monoisotopic (exact) mass is 368 g/mol. The zero-order valence-electron chi connectivity index (χ0n) is 16.0. The highest BCUT2D eigenvalue weighted by Crippen LogP contribution is 2.41. The van der Waals surface area contributed by atoms with E-state index in [9.17, 15) is 9.59 Å². The molecule has 0 unspecified atom stereocenters. The standard InChI is InChI=1S/C22H28N2O3/c1-27-17-11-9-16(10-12-17)24-21(25)15-19(22(24)26)18-7-3-4-8-20(18)23-13-5-2-6-14-23/h8-12,18-19H,2-7,13-15H2,1H3/t18-,19-/m1/s1. The molecule has 0 aromatic heterocycles. The number of likely N-dealkylation sites (tertiary alicyclic amines) is 1. The van der Waals surface area contributed by atoms with Gasteiger partial charge in [0.2, 0.25) is 11.8 Å².